The summed E-state index contributed by atoms with van der Waals surface area (Å²) in [5, 5.41) is 19.1. The van der Waals surface area contributed by atoms with Gasteiger partial charge in [-0.1, -0.05) is 30.3 Å². The van der Waals surface area contributed by atoms with Gasteiger partial charge in [-0.05, 0) is 31.2 Å². The first kappa shape index (κ1) is 19.1. The number of fused-ring (bicyclic) bond motifs is 1. The second kappa shape index (κ2) is 8.00. The Morgan fingerprint density at radius 3 is 2.67 bits per heavy atom. The molecule has 1 amide bonds. The average molecular weight is 403 g/mol. The maximum atomic E-state index is 12.3. The van der Waals surface area contributed by atoms with E-state index in [-0.39, 0.29) is 18.0 Å². The van der Waals surface area contributed by atoms with Gasteiger partial charge in [0, 0.05) is 11.5 Å². The van der Waals surface area contributed by atoms with E-state index < -0.39 is 10.8 Å². The van der Waals surface area contributed by atoms with Crippen molar-refractivity contribution in [1.29, 1.82) is 0 Å². The molecular weight excluding hydrogens is 386 g/mol. The lowest BCUT2D eigenvalue weighted by molar-refractivity contribution is -0.385. The topological polar surface area (TPSA) is 112 Å². The third-order valence-corrected chi connectivity index (χ3v) is 4.41. The number of aryl methyl sites for hydroxylation is 1. The molecule has 2 aromatic carbocycles. The summed E-state index contributed by atoms with van der Waals surface area (Å²) in [7, 11) is 0. The van der Waals surface area contributed by atoms with Crippen molar-refractivity contribution in [3.05, 3.63) is 82.7 Å². The first-order valence-electron chi connectivity index (χ1n) is 9.10. The summed E-state index contributed by atoms with van der Waals surface area (Å²) in [5.74, 6) is -0.423. The normalized spacial score (nSPS) is 10.7. The standard InChI is InChI=1S/C21H17N5O4/c1-14-17-11-15(12-22-21(17)25(24-14)16-7-3-2-4-8-16)23-20(27)13-30-19-10-6-5-9-18(19)26(28)29/h2-12H,13H2,1H3,(H,23,27). The fourth-order valence-corrected chi connectivity index (χ4v) is 3.03. The number of carbonyl (C=O) groups is 1. The number of nitrogens with zero attached hydrogens (tertiary/aromatic N) is 4. The van der Waals surface area contributed by atoms with Gasteiger partial charge in [-0.15, -0.1) is 0 Å². The highest BCUT2D eigenvalue weighted by Crippen LogP contribution is 2.26. The lowest BCUT2D eigenvalue weighted by Gasteiger charge is -2.08. The summed E-state index contributed by atoms with van der Waals surface area (Å²) in [6.45, 7) is 1.50. The summed E-state index contributed by atoms with van der Waals surface area (Å²) in [6.07, 6.45) is 1.53. The predicted octanol–water partition coefficient (Wildman–Crippen LogP) is 3.65. The van der Waals surface area contributed by atoms with Crippen LogP contribution in [-0.2, 0) is 4.79 Å². The summed E-state index contributed by atoms with van der Waals surface area (Å²) in [5.41, 5.74) is 2.62. The van der Waals surface area contributed by atoms with Gasteiger partial charge in [0.1, 0.15) is 0 Å². The average Bonchev–Trinajstić information content (AvgIpc) is 3.09. The molecule has 9 heteroatoms. The minimum absolute atomic E-state index is 0.0335. The summed E-state index contributed by atoms with van der Waals surface area (Å²) < 4.78 is 7.06. The van der Waals surface area contributed by atoms with E-state index in [4.69, 9.17) is 4.74 Å². The third-order valence-electron chi connectivity index (χ3n) is 4.41. The highest BCUT2D eigenvalue weighted by atomic mass is 16.6. The lowest BCUT2D eigenvalue weighted by Crippen LogP contribution is -2.20. The van der Waals surface area contributed by atoms with Gasteiger partial charge in [-0.2, -0.15) is 5.10 Å². The number of hydrogen-bond acceptors (Lipinski definition) is 6. The van der Waals surface area contributed by atoms with Crippen molar-refractivity contribution >= 4 is 28.3 Å². The Morgan fingerprint density at radius 2 is 1.90 bits per heavy atom. The van der Waals surface area contributed by atoms with Gasteiger partial charge in [0.15, 0.2) is 18.0 Å². The fraction of sp³-hybridized carbons (Fsp3) is 0.0952. The van der Waals surface area contributed by atoms with Crippen molar-refractivity contribution in [3.63, 3.8) is 0 Å². The van der Waals surface area contributed by atoms with Gasteiger partial charge < -0.3 is 10.1 Å². The monoisotopic (exact) mass is 403 g/mol. The van der Waals surface area contributed by atoms with Crippen LogP contribution >= 0.6 is 0 Å². The molecule has 0 spiro atoms. The molecule has 0 atom stereocenters. The smallest absolute Gasteiger partial charge is 0.310 e. The molecule has 150 valence electrons. The van der Waals surface area contributed by atoms with Gasteiger partial charge >= 0.3 is 5.69 Å². The lowest BCUT2D eigenvalue weighted by atomic mass is 10.2. The van der Waals surface area contributed by atoms with E-state index in [1.165, 1.54) is 24.4 Å². The van der Waals surface area contributed by atoms with E-state index in [1.54, 1.807) is 16.8 Å². The Kier molecular flexibility index (Phi) is 5.08. The fourth-order valence-electron chi connectivity index (χ4n) is 3.03. The molecule has 4 aromatic rings. The Hall–Kier alpha value is -4.27. The van der Waals surface area contributed by atoms with Crippen molar-refractivity contribution in [2.45, 2.75) is 6.92 Å². The Bertz CT molecular complexity index is 1240. The van der Waals surface area contributed by atoms with Crippen molar-refractivity contribution in [3.8, 4) is 11.4 Å². The number of benzene rings is 2. The Balaban J connectivity index is 1.50. The number of nitro groups is 1. The molecule has 0 aliphatic heterocycles. The molecule has 1 N–H and O–H groups in total. The van der Waals surface area contributed by atoms with Gasteiger partial charge in [0.2, 0.25) is 0 Å². The zero-order chi connectivity index (χ0) is 21.1. The van der Waals surface area contributed by atoms with E-state index >= 15 is 0 Å². The number of aromatic nitrogens is 3. The number of para-hydroxylation sites is 3. The van der Waals surface area contributed by atoms with E-state index in [9.17, 15) is 14.9 Å². The molecule has 0 bridgehead atoms. The predicted molar refractivity (Wildman–Crippen MR) is 111 cm³/mol. The molecular formula is C21H17N5O4. The number of nitro benzene ring substituents is 1. The van der Waals surface area contributed by atoms with Crippen molar-refractivity contribution < 1.29 is 14.5 Å². The molecule has 0 saturated heterocycles. The molecule has 0 radical (unpaired) electrons. The quantitative estimate of drug-likeness (QED) is 0.388. The van der Waals surface area contributed by atoms with Crippen molar-refractivity contribution in [1.82, 2.24) is 14.8 Å². The number of pyridine rings is 1. The number of rotatable bonds is 6. The minimum atomic E-state index is -0.557. The molecule has 0 aliphatic rings. The van der Waals surface area contributed by atoms with Gasteiger partial charge in [0.25, 0.3) is 5.91 Å². The molecule has 9 nitrogen and oxygen atoms in total. The molecule has 0 aliphatic carbocycles. The van der Waals surface area contributed by atoms with Crippen LogP contribution in [0.2, 0.25) is 0 Å². The Morgan fingerprint density at radius 1 is 1.17 bits per heavy atom. The first-order chi connectivity index (χ1) is 14.5. The SMILES string of the molecule is Cc1nn(-c2ccccc2)c2ncc(NC(=O)COc3ccccc3[N+](=O)[O-])cc12. The zero-order valence-electron chi connectivity index (χ0n) is 16.0. The van der Waals surface area contributed by atoms with Gasteiger partial charge in [-0.25, -0.2) is 9.67 Å². The maximum Gasteiger partial charge on any atom is 0.310 e. The van der Waals surface area contributed by atoms with Crippen LogP contribution in [0.5, 0.6) is 5.75 Å². The van der Waals surface area contributed by atoms with Crippen LogP contribution in [-0.4, -0.2) is 32.2 Å². The third kappa shape index (κ3) is 3.81. The highest BCUT2D eigenvalue weighted by Gasteiger charge is 2.16. The van der Waals surface area contributed by atoms with Crippen molar-refractivity contribution in [2.24, 2.45) is 0 Å². The van der Waals surface area contributed by atoms with Crippen molar-refractivity contribution in [2.75, 3.05) is 11.9 Å². The molecule has 30 heavy (non-hydrogen) atoms. The number of amides is 1. The largest absolute Gasteiger partial charge is 0.477 e. The second-order valence-electron chi connectivity index (χ2n) is 6.49. The molecule has 2 aromatic heterocycles. The van der Waals surface area contributed by atoms with E-state index in [1.807, 2.05) is 37.3 Å². The molecule has 2 heterocycles. The van der Waals surface area contributed by atoms with Crippen LogP contribution in [0.1, 0.15) is 5.69 Å². The van der Waals surface area contributed by atoms with Crippen LogP contribution in [0.15, 0.2) is 66.9 Å². The number of nitrogens with one attached hydrogen (secondary N) is 1. The molecule has 0 fully saturated rings. The molecule has 0 saturated carbocycles. The van der Waals surface area contributed by atoms with E-state index in [0.717, 1.165) is 16.8 Å². The van der Waals surface area contributed by atoms with Gasteiger partial charge in [-0.3, -0.25) is 14.9 Å². The molecule has 4 rings (SSSR count). The first-order valence-corrected chi connectivity index (χ1v) is 9.10. The van der Waals surface area contributed by atoms with Crippen LogP contribution < -0.4 is 10.1 Å². The maximum absolute atomic E-state index is 12.3. The van der Waals surface area contributed by atoms with Crippen LogP contribution in [0, 0.1) is 17.0 Å². The number of anilines is 1. The summed E-state index contributed by atoms with van der Waals surface area (Å²) in [4.78, 5) is 27.2. The van der Waals surface area contributed by atoms with E-state index in [2.05, 4.69) is 15.4 Å². The van der Waals surface area contributed by atoms with Crippen LogP contribution in [0.3, 0.4) is 0 Å². The van der Waals surface area contributed by atoms with Gasteiger partial charge in [0.05, 0.1) is 28.2 Å². The number of carbonyl (C=O) groups excluding carboxylic acids is 1. The zero-order valence-corrected chi connectivity index (χ0v) is 16.0. The Labute approximate surface area is 171 Å². The van der Waals surface area contributed by atoms with E-state index in [0.29, 0.717) is 11.3 Å². The summed E-state index contributed by atoms with van der Waals surface area (Å²) >= 11 is 0. The number of hydrogen-bond donors (Lipinski definition) is 1. The van der Waals surface area contributed by atoms with Crippen LogP contribution in [0.4, 0.5) is 11.4 Å². The summed E-state index contributed by atoms with van der Waals surface area (Å²) in [6, 6.07) is 17.3. The minimum Gasteiger partial charge on any atom is -0.477 e. The second-order valence-corrected chi connectivity index (χ2v) is 6.49. The number of ether oxygens (including phenoxy) is 1. The highest BCUT2D eigenvalue weighted by molar-refractivity contribution is 5.94. The van der Waals surface area contributed by atoms with Crippen LogP contribution in [0.25, 0.3) is 16.7 Å². The molecule has 0 unspecified atom stereocenters.